The summed E-state index contributed by atoms with van der Waals surface area (Å²) in [7, 11) is 0. The Morgan fingerprint density at radius 2 is 1.96 bits per heavy atom. The van der Waals surface area contributed by atoms with Crippen molar-refractivity contribution in [3.63, 3.8) is 0 Å². The van der Waals surface area contributed by atoms with Crippen molar-refractivity contribution in [1.82, 2.24) is 10.6 Å². The number of nitrogens with one attached hydrogen (secondary N) is 2. The Hall–Kier alpha value is -2.04. The molecule has 3 aliphatic rings. The van der Waals surface area contributed by atoms with E-state index < -0.39 is 0 Å². The first-order valence-electron chi connectivity index (χ1n) is 9.85. The van der Waals surface area contributed by atoms with Crippen molar-refractivity contribution in [3.8, 4) is 11.5 Å². The first-order chi connectivity index (χ1) is 12.9. The van der Waals surface area contributed by atoms with E-state index >= 15 is 0 Å². The molecular formula is C22H26N2O2. The molecule has 0 spiro atoms. The van der Waals surface area contributed by atoms with Gasteiger partial charge in [-0.15, -0.1) is 0 Å². The molecule has 0 aromatic heterocycles. The minimum absolute atomic E-state index is 0.368. The molecule has 26 heavy (non-hydrogen) atoms. The van der Waals surface area contributed by atoms with Gasteiger partial charge in [0, 0.05) is 48.2 Å². The average Bonchev–Trinajstić information content (AvgIpc) is 3.35. The summed E-state index contributed by atoms with van der Waals surface area (Å²) >= 11 is 0. The third-order valence-corrected chi connectivity index (χ3v) is 5.92. The number of fused-ring (bicyclic) bond motifs is 2. The van der Waals surface area contributed by atoms with E-state index in [4.69, 9.17) is 9.47 Å². The summed E-state index contributed by atoms with van der Waals surface area (Å²) in [5.74, 6) is 2.19. The van der Waals surface area contributed by atoms with Crippen LogP contribution in [0.3, 0.4) is 0 Å². The number of ether oxygens (including phenoxy) is 2. The normalized spacial score (nSPS) is 23.8. The molecule has 0 saturated carbocycles. The molecule has 3 aliphatic heterocycles. The minimum Gasteiger partial charge on any atom is -0.493 e. The molecule has 2 aromatic rings. The Labute approximate surface area is 154 Å². The van der Waals surface area contributed by atoms with Gasteiger partial charge in [0.15, 0.2) is 0 Å². The quantitative estimate of drug-likeness (QED) is 0.889. The van der Waals surface area contributed by atoms with E-state index in [2.05, 4.69) is 47.0 Å². The molecule has 4 nitrogen and oxygen atoms in total. The van der Waals surface area contributed by atoms with Gasteiger partial charge >= 0.3 is 0 Å². The molecule has 0 aliphatic carbocycles. The van der Waals surface area contributed by atoms with Gasteiger partial charge in [0.05, 0.1) is 13.2 Å². The lowest BCUT2D eigenvalue weighted by molar-refractivity contribution is 0.301. The van der Waals surface area contributed by atoms with Gasteiger partial charge in [-0.25, -0.2) is 0 Å². The summed E-state index contributed by atoms with van der Waals surface area (Å²) in [6, 6.07) is 13.8. The van der Waals surface area contributed by atoms with Crippen molar-refractivity contribution >= 4 is 0 Å². The second-order valence-electron chi connectivity index (χ2n) is 7.49. The fraction of sp³-hybridized carbons (Fsp3) is 0.455. The number of rotatable bonds is 4. The lowest BCUT2D eigenvalue weighted by Crippen LogP contribution is -2.45. The fourth-order valence-electron chi connectivity index (χ4n) is 4.62. The Balaban J connectivity index is 1.39. The van der Waals surface area contributed by atoms with Gasteiger partial charge < -0.3 is 20.1 Å². The first kappa shape index (κ1) is 16.2. The molecular weight excluding hydrogens is 324 g/mol. The van der Waals surface area contributed by atoms with Crippen LogP contribution in [0.1, 0.15) is 41.1 Å². The number of hydrogen-bond acceptors (Lipinski definition) is 4. The molecule has 0 bridgehead atoms. The van der Waals surface area contributed by atoms with Crippen molar-refractivity contribution in [1.29, 1.82) is 0 Å². The molecule has 0 radical (unpaired) electrons. The zero-order valence-electron chi connectivity index (χ0n) is 15.1. The van der Waals surface area contributed by atoms with Crippen LogP contribution in [-0.2, 0) is 19.4 Å². The number of benzene rings is 2. The Morgan fingerprint density at radius 1 is 1.08 bits per heavy atom. The molecule has 2 N–H and O–H groups in total. The summed E-state index contributed by atoms with van der Waals surface area (Å²) in [5, 5.41) is 7.56. The summed E-state index contributed by atoms with van der Waals surface area (Å²) in [6.45, 7) is 3.53. The van der Waals surface area contributed by atoms with Crippen LogP contribution < -0.4 is 20.1 Å². The molecule has 2 atom stereocenters. The predicted molar refractivity (Wildman–Crippen MR) is 102 cm³/mol. The largest absolute Gasteiger partial charge is 0.493 e. The van der Waals surface area contributed by atoms with Gasteiger partial charge in [-0.05, 0) is 31.0 Å². The van der Waals surface area contributed by atoms with Crippen LogP contribution in [0.4, 0.5) is 0 Å². The van der Waals surface area contributed by atoms with Gasteiger partial charge in [-0.2, -0.15) is 0 Å². The zero-order chi connectivity index (χ0) is 17.3. The molecule has 3 heterocycles. The van der Waals surface area contributed by atoms with E-state index in [1.54, 1.807) is 0 Å². The Bertz CT molecular complexity index is 758. The van der Waals surface area contributed by atoms with Crippen molar-refractivity contribution in [2.24, 2.45) is 0 Å². The van der Waals surface area contributed by atoms with Crippen LogP contribution in [0.15, 0.2) is 36.4 Å². The van der Waals surface area contributed by atoms with Crippen LogP contribution in [0.25, 0.3) is 0 Å². The first-order valence-corrected chi connectivity index (χ1v) is 9.85. The second kappa shape index (κ2) is 6.93. The molecule has 0 amide bonds. The third-order valence-electron chi connectivity index (χ3n) is 5.92. The maximum atomic E-state index is 6.00. The third kappa shape index (κ3) is 2.87. The highest BCUT2D eigenvalue weighted by molar-refractivity contribution is 5.56. The van der Waals surface area contributed by atoms with Gasteiger partial charge in [0.25, 0.3) is 0 Å². The van der Waals surface area contributed by atoms with Crippen LogP contribution in [0.5, 0.6) is 11.5 Å². The summed E-state index contributed by atoms with van der Waals surface area (Å²) in [6.07, 6.45) is 4.40. The van der Waals surface area contributed by atoms with Crippen LogP contribution >= 0.6 is 0 Å². The highest BCUT2D eigenvalue weighted by Gasteiger charge is 2.29. The maximum Gasteiger partial charge on any atom is 0.127 e. The van der Waals surface area contributed by atoms with Gasteiger partial charge in [0.2, 0.25) is 0 Å². The fourth-order valence-corrected chi connectivity index (χ4v) is 4.62. The van der Waals surface area contributed by atoms with E-state index in [0.717, 1.165) is 50.6 Å². The molecule has 1 saturated heterocycles. The van der Waals surface area contributed by atoms with Gasteiger partial charge in [0.1, 0.15) is 11.5 Å². The van der Waals surface area contributed by atoms with Crippen molar-refractivity contribution in [2.45, 2.75) is 44.3 Å². The summed E-state index contributed by atoms with van der Waals surface area (Å²) < 4.78 is 11.8. The van der Waals surface area contributed by atoms with E-state index in [1.165, 1.54) is 35.1 Å². The highest BCUT2D eigenvalue weighted by atomic mass is 16.5. The van der Waals surface area contributed by atoms with Crippen molar-refractivity contribution < 1.29 is 9.47 Å². The van der Waals surface area contributed by atoms with E-state index in [0.29, 0.717) is 12.1 Å². The van der Waals surface area contributed by atoms with Gasteiger partial charge in [-0.1, -0.05) is 30.3 Å². The van der Waals surface area contributed by atoms with Gasteiger partial charge in [-0.3, -0.25) is 0 Å². The van der Waals surface area contributed by atoms with E-state index in [9.17, 15) is 0 Å². The molecule has 5 rings (SSSR count). The smallest absolute Gasteiger partial charge is 0.127 e. The van der Waals surface area contributed by atoms with Crippen LogP contribution in [0, 0.1) is 0 Å². The molecule has 2 aromatic carbocycles. The minimum atomic E-state index is 0.368. The topological polar surface area (TPSA) is 42.5 Å². The Morgan fingerprint density at radius 3 is 2.88 bits per heavy atom. The van der Waals surface area contributed by atoms with Crippen LogP contribution in [-0.4, -0.2) is 25.8 Å². The zero-order valence-corrected chi connectivity index (χ0v) is 15.1. The average molecular weight is 350 g/mol. The van der Waals surface area contributed by atoms with E-state index in [1.807, 2.05) is 0 Å². The SMILES string of the molecule is c1ccc([C@@H]2NCCC[C@@H]2NCc2c3c(cc4c2OCC4)OCC3)cc1. The summed E-state index contributed by atoms with van der Waals surface area (Å²) in [4.78, 5) is 0. The molecule has 1 fully saturated rings. The summed E-state index contributed by atoms with van der Waals surface area (Å²) in [5.41, 5.74) is 5.35. The highest BCUT2D eigenvalue weighted by Crippen LogP contribution is 2.40. The van der Waals surface area contributed by atoms with Crippen molar-refractivity contribution in [2.75, 3.05) is 19.8 Å². The lowest BCUT2D eigenvalue weighted by atomic mass is 9.91. The van der Waals surface area contributed by atoms with E-state index in [-0.39, 0.29) is 0 Å². The second-order valence-corrected chi connectivity index (χ2v) is 7.49. The molecule has 136 valence electrons. The lowest BCUT2D eigenvalue weighted by Gasteiger charge is -2.34. The standard InChI is InChI=1S/C22H26N2O2/c1-2-5-15(6-3-1)21-19(7-4-10-23-21)24-14-18-17-9-12-25-20(17)13-16-8-11-26-22(16)18/h1-3,5-6,13,19,21,23-24H,4,7-12,14H2/t19-,21-/m0/s1. The van der Waals surface area contributed by atoms with Crippen molar-refractivity contribution in [3.05, 3.63) is 58.7 Å². The Kier molecular flexibility index (Phi) is 4.31. The monoisotopic (exact) mass is 350 g/mol. The molecule has 4 heteroatoms. The molecule has 0 unspecified atom stereocenters. The number of piperidine rings is 1. The number of hydrogen-bond donors (Lipinski definition) is 2. The predicted octanol–water partition coefficient (Wildman–Crippen LogP) is 3.14. The van der Waals surface area contributed by atoms with Crippen LogP contribution in [0.2, 0.25) is 0 Å². The maximum absolute atomic E-state index is 6.00.